The van der Waals surface area contributed by atoms with Gasteiger partial charge in [0.15, 0.2) is 5.76 Å². The van der Waals surface area contributed by atoms with Crippen molar-refractivity contribution >= 4 is 0 Å². The Morgan fingerprint density at radius 1 is 1.50 bits per heavy atom. The number of ether oxygens (including phenoxy) is 3. The number of allylic oxidation sites excluding steroid dienone is 2. The lowest BCUT2D eigenvalue weighted by Gasteiger charge is -2.18. The van der Waals surface area contributed by atoms with E-state index in [0.29, 0.717) is 5.76 Å². The molecule has 0 aromatic carbocycles. The molecule has 2 rings (SSSR count). The first-order chi connectivity index (χ1) is 6.62. The summed E-state index contributed by atoms with van der Waals surface area (Å²) in [6.07, 6.45) is 4.41. The largest absolute Gasteiger partial charge is 0.495 e. The Morgan fingerprint density at radius 3 is 2.71 bits per heavy atom. The Balaban J connectivity index is 2.38. The number of methoxy groups -OCH3 is 2. The van der Waals surface area contributed by atoms with Crippen LogP contribution >= 0.6 is 0 Å². The topological polar surface area (TPSA) is 51.2 Å². The highest BCUT2D eigenvalue weighted by molar-refractivity contribution is 5.41. The number of epoxide rings is 1. The highest BCUT2D eigenvalue weighted by Crippen LogP contribution is 2.55. The summed E-state index contributed by atoms with van der Waals surface area (Å²) in [7, 11) is 3.00. The van der Waals surface area contributed by atoms with Gasteiger partial charge in [0.1, 0.15) is 0 Å². The average molecular weight is 198 g/mol. The van der Waals surface area contributed by atoms with Crippen LogP contribution in [0.5, 0.6) is 0 Å². The van der Waals surface area contributed by atoms with E-state index in [-0.39, 0.29) is 0 Å². The Morgan fingerprint density at radius 2 is 2.21 bits per heavy atom. The maximum absolute atomic E-state index is 9.99. The van der Waals surface area contributed by atoms with E-state index in [1.807, 2.05) is 6.92 Å². The van der Waals surface area contributed by atoms with Crippen LogP contribution in [0.2, 0.25) is 0 Å². The highest BCUT2D eigenvalue weighted by Gasteiger charge is 2.75. The van der Waals surface area contributed by atoms with E-state index < -0.39 is 11.6 Å². The summed E-state index contributed by atoms with van der Waals surface area (Å²) < 4.78 is 15.4. The summed E-state index contributed by atoms with van der Waals surface area (Å²) in [6, 6.07) is 0. The predicted octanol–water partition coefficient (Wildman–Crippen LogP) is 0.928. The van der Waals surface area contributed by atoms with Gasteiger partial charge in [0.2, 0.25) is 0 Å². The van der Waals surface area contributed by atoms with Crippen molar-refractivity contribution in [2.24, 2.45) is 0 Å². The molecule has 78 valence electrons. The first-order valence-electron chi connectivity index (χ1n) is 4.57. The second kappa shape index (κ2) is 2.82. The van der Waals surface area contributed by atoms with Crippen molar-refractivity contribution in [1.82, 2.24) is 0 Å². The van der Waals surface area contributed by atoms with E-state index in [1.165, 1.54) is 14.2 Å². The van der Waals surface area contributed by atoms with Gasteiger partial charge in [0.25, 0.3) is 11.6 Å². The first-order valence-corrected chi connectivity index (χ1v) is 4.57. The van der Waals surface area contributed by atoms with Crippen molar-refractivity contribution in [2.45, 2.75) is 24.9 Å². The van der Waals surface area contributed by atoms with Crippen LogP contribution in [0.15, 0.2) is 23.5 Å². The maximum Gasteiger partial charge on any atom is 0.288 e. The molecule has 0 spiro atoms. The number of fused-ring (bicyclic) bond motifs is 1. The fourth-order valence-electron chi connectivity index (χ4n) is 1.74. The molecule has 0 aromatic heterocycles. The molecule has 1 heterocycles. The van der Waals surface area contributed by atoms with Crippen molar-refractivity contribution < 1.29 is 19.3 Å². The number of rotatable bonds is 3. The maximum atomic E-state index is 9.99. The van der Waals surface area contributed by atoms with Crippen LogP contribution in [0.1, 0.15) is 13.3 Å². The number of hydrogen-bond donors (Lipinski definition) is 1. The van der Waals surface area contributed by atoms with Gasteiger partial charge in [-0.3, -0.25) is 4.74 Å². The monoisotopic (exact) mass is 198 g/mol. The molecular formula is C10H14O4. The molecule has 1 saturated heterocycles. The van der Waals surface area contributed by atoms with E-state index in [4.69, 9.17) is 14.2 Å². The standard InChI is InChI=1S/C10H14O4/c1-4-7-5-8(12-2)10(11)9(6-7,13-3)14-10/h5-6,11H,4H2,1-3H3. The smallest absolute Gasteiger partial charge is 0.288 e. The molecule has 0 bridgehead atoms. The molecular weight excluding hydrogens is 184 g/mol. The van der Waals surface area contributed by atoms with Crippen LogP contribution in [0.4, 0.5) is 0 Å². The van der Waals surface area contributed by atoms with Crippen LogP contribution in [0.25, 0.3) is 0 Å². The van der Waals surface area contributed by atoms with Crippen molar-refractivity contribution in [3.8, 4) is 0 Å². The van der Waals surface area contributed by atoms with Gasteiger partial charge in [-0.2, -0.15) is 0 Å². The van der Waals surface area contributed by atoms with Gasteiger partial charge in [-0.05, 0) is 24.1 Å². The summed E-state index contributed by atoms with van der Waals surface area (Å²) in [5.41, 5.74) is 1.03. The molecule has 2 aliphatic rings. The zero-order valence-electron chi connectivity index (χ0n) is 8.53. The van der Waals surface area contributed by atoms with Crippen molar-refractivity contribution in [2.75, 3.05) is 14.2 Å². The number of aliphatic hydroxyl groups is 1. The SMILES string of the molecule is CCC1=CC2(OC)OC2(O)C(OC)=C1. The zero-order valence-corrected chi connectivity index (χ0v) is 8.53. The van der Waals surface area contributed by atoms with Crippen LogP contribution < -0.4 is 0 Å². The normalized spacial score (nSPS) is 39.7. The lowest BCUT2D eigenvalue weighted by molar-refractivity contribution is 0.00599. The third-order valence-corrected chi connectivity index (χ3v) is 2.69. The van der Waals surface area contributed by atoms with Crippen molar-refractivity contribution in [1.29, 1.82) is 0 Å². The molecule has 4 heteroatoms. The van der Waals surface area contributed by atoms with E-state index in [2.05, 4.69) is 0 Å². The van der Waals surface area contributed by atoms with Gasteiger partial charge < -0.3 is 14.6 Å². The third-order valence-electron chi connectivity index (χ3n) is 2.69. The van der Waals surface area contributed by atoms with E-state index in [1.54, 1.807) is 12.2 Å². The molecule has 14 heavy (non-hydrogen) atoms. The summed E-state index contributed by atoms with van der Waals surface area (Å²) in [5.74, 6) is -2.05. The number of hydrogen-bond acceptors (Lipinski definition) is 4. The Kier molecular flexibility index (Phi) is 1.96. The molecule has 1 aliphatic heterocycles. The second-order valence-electron chi connectivity index (χ2n) is 3.40. The fourth-order valence-corrected chi connectivity index (χ4v) is 1.74. The fraction of sp³-hybridized carbons (Fsp3) is 0.600. The summed E-state index contributed by atoms with van der Waals surface area (Å²) in [5, 5.41) is 9.99. The van der Waals surface area contributed by atoms with Crippen LogP contribution in [-0.4, -0.2) is 30.9 Å². The summed E-state index contributed by atoms with van der Waals surface area (Å²) in [6.45, 7) is 2.02. The van der Waals surface area contributed by atoms with Crippen LogP contribution in [0, 0.1) is 0 Å². The predicted molar refractivity (Wildman–Crippen MR) is 49.2 cm³/mol. The Bertz CT molecular complexity index is 320. The minimum atomic E-state index is -1.42. The molecule has 0 radical (unpaired) electrons. The Hall–Kier alpha value is -0.840. The summed E-state index contributed by atoms with van der Waals surface area (Å²) in [4.78, 5) is 0. The molecule has 0 aromatic rings. The van der Waals surface area contributed by atoms with Gasteiger partial charge in [-0.1, -0.05) is 6.92 Å². The van der Waals surface area contributed by atoms with E-state index in [9.17, 15) is 5.11 Å². The Labute approximate surface area is 82.8 Å². The van der Waals surface area contributed by atoms with Gasteiger partial charge in [-0.25, -0.2) is 0 Å². The molecule has 1 aliphatic carbocycles. The molecule has 2 unspecified atom stereocenters. The first kappa shape index (κ1) is 9.71. The molecule has 0 saturated carbocycles. The van der Waals surface area contributed by atoms with Crippen LogP contribution in [0.3, 0.4) is 0 Å². The third kappa shape index (κ3) is 0.987. The quantitative estimate of drug-likeness (QED) is 0.685. The molecule has 0 amide bonds. The van der Waals surface area contributed by atoms with Gasteiger partial charge in [0, 0.05) is 7.11 Å². The van der Waals surface area contributed by atoms with E-state index >= 15 is 0 Å². The minimum absolute atomic E-state index is 0.402. The lowest BCUT2D eigenvalue weighted by atomic mass is 9.99. The van der Waals surface area contributed by atoms with Gasteiger partial charge >= 0.3 is 0 Å². The molecule has 4 nitrogen and oxygen atoms in total. The molecule has 1 fully saturated rings. The van der Waals surface area contributed by atoms with Crippen molar-refractivity contribution in [3.05, 3.63) is 23.5 Å². The zero-order chi connectivity index (χ0) is 10.4. The minimum Gasteiger partial charge on any atom is -0.495 e. The van der Waals surface area contributed by atoms with Crippen LogP contribution in [-0.2, 0) is 14.2 Å². The second-order valence-corrected chi connectivity index (χ2v) is 3.40. The summed E-state index contributed by atoms with van der Waals surface area (Å²) >= 11 is 0. The lowest BCUT2D eigenvalue weighted by Crippen LogP contribution is -2.31. The average Bonchev–Trinajstić information content (AvgIpc) is 2.83. The molecule has 2 atom stereocenters. The van der Waals surface area contributed by atoms with Crippen molar-refractivity contribution in [3.63, 3.8) is 0 Å². The van der Waals surface area contributed by atoms with Gasteiger partial charge in [0.05, 0.1) is 7.11 Å². The van der Waals surface area contributed by atoms with E-state index in [0.717, 1.165) is 12.0 Å². The molecule has 1 N–H and O–H groups in total. The highest BCUT2D eigenvalue weighted by atomic mass is 16.9. The van der Waals surface area contributed by atoms with Gasteiger partial charge in [-0.15, -0.1) is 0 Å².